The summed E-state index contributed by atoms with van der Waals surface area (Å²) >= 11 is 0. The van der Waals surface area contributed by atoms with E-state index >= 15 is 0 Å². The third kappa shape index (κ3) is 4.61. The van der Waals surface area contributed by atoms with Crippen LogP contribution in [0.15, 0.2) is 18.5 Å². The Morgan fingerprint density at radius 1 is 1.25 bits per heavy atom. The van der Waals surface area contributed by atoms with E-state index in [1.807, 2.05) is 29.5 Å². The first-order valence-electron chi connectivity index (χ1n) is 10.0. The first kappa shape index (κ1) is 20.1. The molecule has 1 atom stereocenters. The number of anilines is 1. The lowest BCUT2D eigenvalue weighted by Crippen LogP contribution is -2.32. The zero-order valence-corrected chi connectivity index (χ0v) is 17.3. The Balaban J connectivity index is 1.55. The van der Waals surface area contributed by atoms with Gasteiger partial charge in [-0.15, -0.1) is 0 Å². The van der Waals surface area contributed by atoms with Crippen LogP contribution in [0.25, 0.3) is 0 Å². The lowest BCUT2D eigenvalue weighted by molar-refractivity contribution is -0.130. The monoisotopic (exact) mass is 386 g/mol. The summed E-state index contributed by atoms with van der Waals surface area (Å²) < 4.78 is 8.03. The quantitative estimate of drug-likeness (QED) is 0.692. The van der Waals surface area contributed by atoms with Gasteiger partial charge in [0.15, 0.2) is 5.82 Å². The molecule has 0 spiro atoms. The third-order valence-corrected chi connectivity index (χ3v) is 5.13. The summed E-state index contributed by atoms with van der Waals surface area (Å²) in [5.41, 5.74) is 2.06. The van der Waals surface area contributed by atoms with E-state index in [0.29, 0.717) is 31.9 Å². The molecular formula is C20H30N6O2. The molecule has 1 unspecified atom stereocenters. The first-order valence-corrected chi connectivity index (χ1v) is 10.0. The number of hydrogen-bond acceptors (Lipinski definition) is 6. The van der Waals surface area contributed by atoms with Crippen LogP contribution in [0.2, 0.25) is 0 Å². The van der Waals surface area contributed by atoms with Crippen molar-refractivity contribution >= 4 is 11.7 Å². The molecular weight excluding hydrogens is 356 g/mol. The molecule has 0 aromatic carbocycles. The van der Waals surface area contributed by atoms with Gasteiger partial charge < -0.3 is 14.5 Å². The molecule has 8 heteroatoms. The highest BCUT2D eigenvalue weighted by Gasteiger charge is 2.29. The Labute approximate surface area is 166 Å². The van der Waals surface area contributed by atoms with Gasteiger partial charge in [-0.2, -0.15) is 5.10 Å². The van der Waals surface area contributed by atoms with Gasteiger partial charge in [-0.05, 0) is 33.8 Å². The summed E-state index contributed by atoms with van der Waals surface area (Å²) in [7, 11) is 0. The fourth-order valence-corrected chi connectivity index (χ4v) is 3.61. The molecule has 28 heavy (non-hydrogen) atoms. The lowest BCUT2D eigenvalue weighted by atomic mass is 10.3. The minimum absolute atomic E-state index is 0.0522. The smallest absolute Gasteiger partial charge is 0.257 e. The van der Waals surface area contributed by atoms with E-state index in [2.05, 4.69) is 33.8 Å². The van der Waals surface area contributed by atoms with E-state index in [1.54, 1.807) is 12.4 Å². The average Bonchev–Trinajstić information content (AvgIpc) is 3.28. The molecule has 1 fully saturated rings. The van der Waals surface area contributed by atoms with Crippen molar-refractivity contribution < 1.29 is 9.53 Å². The van der Waals surface area contributed by atoms with Crippen LogP contribution in [-0.2, 0) is 11.3 Å². The van der Waals surface area contributed by atoms with Crippen LogP contribution >= 0.6 is 0 Å². The molecule has 1 amide bonds. The molecule has 2 aromatic rings. The highest BCUT2D eigenvalue weighted by Crippen LogP contribution is 2.25. The number of hydrogen-bond donors (Lipinski definition) is 0. The maximum absolute atomic E-state index is 12.6. The number of aromatic nitrogens is 4. The topological polar surface area (TPSA) is 76.4 Å². The van der Waals surface area contributed by atoms with Gasteiger partial charge in [0, 0.05) is 57.1 Å². The molecule has 1 aliphatic rings. The molecule has 8 nitrogen and oxygen atoms in total. The van der Waals surface area contributed by atoms with Gasteiger partial charge in [-0.25, -0.2) is 9.97 Å². The van der Waals surface area contributed by atoms with Gasteiger partial charge in [-0.3, -0.25) is 9.48 Å². The summed E-state index contributed by atoms with van der Waals surface area (Å²) in [5.74, 6) is 1.46. The number of amides is 1. The van der Waals surface area contributed by atoms with Crippen molar-refractivity contribution in [2.24, 2.45) is 0 Å². The highest BCUT2D eigenvalue weighted by molar-refractivity contribution is 5.76. The molecule has 0 radical (unpaired) electrons. The van der Waals surface area contributed by atoms with Crippen molar-refractivity contribution in [3.8, 4) is 5.88 Å². The van der Waals surface area contributed by atoms with Crippen molar-refractivity contribution in [3.05, 3.63) is 29.8 Å². The Hall–Kier alpha value is -2.64. The second-order valence-corrected chi connectivity index (χ2v) is 7.13. The van der Waals surface area contributed by atoms with Crippen molar-refractivity contribution in [1.29, 1.82) is 0 Å². The summed E-state index contributed by atoms with van der Waals surface area (Å²) in [5, 5.41) is 4.42. The van der Waals surface area contributed by atoms with Crippen LogP contribution in [-0.4, -0.2) is 62.8 Å². The van der Waals surface area contributed by atoms with Crippen LogP contribution in [0, 0.1) is 13.8 Å². The number of aryl methyl sites for hydroxylation is 3. The van der Waals surface area contributed by atoms with E-state index in [0.717, 1.165) is 36.7 Å². The molecule has 1 aliphatic heterocycles. The Morgan fingerprint density at radius 2 is 2.00 bits per heavy atom. The molecule has 0 saturated carbocycles. The number of carbonyl (C=O) groups excluding carboxylic acids is 1. The zero-order chi connectivity index (χ0) is 20.1. The molecule has 0 bridgehead atoms. The summed E-state index contributed by atoms with van der Waals surface area (Å²) in [6.45, 7) is 11.7. The van der Waals surface area contributed by atoms with Crippen molar-refractivity contribution in [2.45, 2.75) is 53.2 Å². The van der Waals surface area contributed by atoms with Gasteiger partial charge in [-0.1, -0.05) is 0 Å². The molecule has 3 rings (SSSR count). The number of carbonyl (C=O) groups is 1. The molecule has 3 heterocycles. The van der Waals surface area contributed by atoms with E-state index in [1.165, 1.54) is 0 Å². The number of rotatable bonds is 8. The minimum atomic E-state index is -0.0522. The van der Waals surface area contributed by atoms with Crippen molar-refractivity contribution in [1.82, 2.24) is 24.6 Å². The van der Waals surface area contributed by atoms with E-state index < -0.39 is 0 Å². The van der Waals surface area contributed by atoms with E-state index in [9.17, 15) is 4.79 Å². The third-order valence-electron chi connectivity index (χ3n) is 5.13. The van der Waals surface area contributed by atoms with E-state index in [4.69, 9.17) is 4.74 Å². The summed E-state index contributed by atoms with van der Waals surface area (Å²) in [4.78, 5) is 25.4. The lowest BCUT2D eigenvalue weighted by Gasteiger charge is -2.23. The highest BCUT2D eigenvalue weighted by atomic mass is 16.5. The second-order valence-electron chi connectivity index (χ2n) is 7.13. The summed E-state index contributed by atoms with van der Waals surface area (Å²) in [6.07, 6.45) is 4.53. The Bertz CT molecular complexity index is 802. The fourth-order valence-electron chi connectivity index (χ4n) is 3.61. The predicted octanol–water partition coefficient (Wildman–Crippen LogP) is 2.21. The number of ether oxygens (including phenoxy) is 1. The molecule has 0 aliphatic carbocycles. The largest absolute Gasteiger partial charge is 0.470 e. The first-order chi connectivity index (χ1) is 13.5. The van der Waals surface area contributed by atoms with Gasteiger partial charge >= 0.3 is 0 Å². The van der Waals surface area contributed by atoms with Crippen LogP contribution < -0.4 is 9.64 Å². The Morgan fingerprint density at radius 3 is 2.68 bits per heavy atom. The van der Waals surface area contributed by atoms with Crippen molar-refractivity contribution in [3.63, 3.8) is 0 Å². The van der Waals surface area contributed by atoms with Gasteiger partial charge in [0.2, 0.25) is 5.91 Å². The Kier molecular flexibility index (Phi) is 6.49. The number of nitrogens with zero attached hydrogens (tertiary/aromatic N) is 6. The van der Waals surface area contributed by atoms with Crippen LogP contribution in [0.3, 0.4) is 0 Å². The molecule has 1 saturated heterocycles. The van der Waals surface area contributed by atoms with Crippen LogP contribution in [0.1, 0.15) is 38.1 Å². The normalized spacial score (nSPS) is 16.4. The maximum Gasteiger partial charge on any atom is 0.257 e. The molecule has 2 aromatic heterocycles. The van der Waals surface area contributed by atoms with Crippen molar-refractivity contribution in [2.75, 3.05) is 31.1 Å². The van der Waals surface area contributed by atoms with E-state index in [-0.39, 0.29) is 12.0 Å². The van der Waals surface area contributed by atoms with Gasteiger partial charge in [0.05, 0.1) is 12.2 Å². The zero-order valence-electron chi connectivity index (χ0n) is 17.3. The average molecular weight is 387 g/mol. The number of likely N-dealkylation sites (tertiary alicyclic amines) is 1. The van der Waals surface area contributed by atoms with Gasteiger partial charge in [0.1, 0.15) is 6.10 Å². The van der Waals surface area contributed by atoms with Gasteiger partial charge in [0.25, 0.3) is 5.88 Å². The van der Waals surface area contributed by atoms with Crippen LogP contribution in [0.4, 0.5) is 5.82 Å². The standard InChI is InChI=1S/C20H30N6O2/c1-5-24(6-2)19-20(22-10-9-21-19)28-17-7-11-25(14-17)18(27)8-12-26-16(4)13-15(3)23-26/h9-10,13,17H,5-8,11-12,14H2,1-4H3. The SMILES string of the molecule is CCN(CC)c1nccnc1OC1CCN(C(=O)CCn2nc(C)cc2C)C1. The van der Waals surface area contributed by atoms with Crippen LogP contribution in [0.5, 0.6) is 5.88 Å². The maximum atomic E-state index is 12.6. The summed E-state index contributed by atoms with van der Waals surface area (Å²) in [6, 6.07) is 2.03. The molecule has 0 N–H and O–H groups in total. The molecule has 152 valence electrons. The predicted molar refractivity (Wildman–Crippen MR) is 108 cm³/mol. The fraction of sp³-hybridized carbons (Fsp3) is 0.600. The second kappa shape index (κ2) is 9.03. The minimum Gasteiger partial charge on any atom is -0.470 e.